The Hall–Kier alpha value is -2.24. The summed E-state index contributed by atoms with van der Waals surface area (Å²) in [5.74, 6) is 2.26. The van der Waals surface area contributed by atoms with E-state index in [0.717, 1.165) is 5.56 Å². The van der Waals surface area contributed by atoms with Crippen molar-refractivity contribution >= 4 is 12.6 Å². The standard InChI is InChI=1S/C13H8FN3S/c1-9-8-17(16-13(9)2-3-18)12-5-10(7-15)4-11(14)6-12/h4-6,8,18H,1H3. The highest BCUT2D eigenvalue weighted by Gasteiger charge is 2.07. The number of benzene rings is 1. The van der Waals surface area contributed by atoms with Crippen molar-refractivity contribution in [3.05, 3.63) is 47.0 Å². The maximum absolute atomic E-state index is 13.3. The van der Waals surface area contributed by atoms with Gasteiger partial charge in [-0.25, -0.2) is 9.07 Å². The first-order chi connectivity index (χ1) is 8.63. The van der Waals surface area contributed by atoms with Crippen molar-refractivity contribution in [1.82, 2.24) is 9.78 Å². The van der Waals surface area contributed by atoms with E-state index in [-0.39, 0.29) is 5.56 Å². The fourth-order valence-corrected chi connectivity index (χ4v) is 1.65. The zero-order valence-electron chi connectivity index (χ0n) is 9.48. The van der Waals surface area contributed by atoms with E-state index < -0.39 is 5.82 Å². The van der Waals surface area contributed by atoms with Gasteiger partial charge in [0, 0.05) is 11.8 Å². The molecule has 0 fully saturated rings. The predicted octanol–water partition coefficient (Wildman–Crippen LogP) is 2.43. The van der Waals surface area contributed by atoms with E-state index in [1.807, 2.05) is 13.0 Å². The Labute approximate surface area is 109 Å². The Kier molecular flexibility index (Phi) is 3.36. The highest BCUT2D eigenvalue weighted by Crippen LogP contribution is 2.15. The second kappa shape index (κ2) is 4.95. The van der Waals surface area contributed by atoms with E-state index in [0.29, 0.717) is 11.4 Å². The number of nitriles is 1. The molecule has 1 aromatic heterocycles. The molecule has 0 aliphatic carbocycles. The quantitative estimate of drug-likeness (QED) is 0.629. The van der Waals surface area contributed by atoms with E-state index in [1.54, 1.807) is 12.3 Å². The van der Waals surface area contributed by atoms with Crippen LogP contribution in [0.3, 0.4) is 0 Å². The summed E-state index contributed by atoms with van der Waals surface area (Å²) in [7, 11) is 0. The molecule has 0 aliphatic heterocycles. The van der Waals surface area contributed by atoms with Crippen molar-refractivity contribution in [2.24, 2.45) is 0 Å². The monoisotopic (exact) mass is 257 g/mol. The molecule has 1 aromatic carbocycles. The first-order valence-electron chi connectivity index (χ1n) is 5.06. The zero-order chi connectivity index (χ0) is 13.1. The summed E-state index contributed by atoms with van der Waals surface area (Å²) >= 11 is 3.81. The molecule has 88 valence electrons. The van der Waals surface area contributed by atoms with Crippen LogP contribution in [0.2, 0.25) is 0 Å². The van der Waals surface area contributed by atoms with E-state index in [1.165, 1.54) is 16.8 Å². The molecule has 1 heterocycles. The van der Waals surface area contributed by atoms with Gasteiger partial charge in [0.05, 0.1) is 17.3 Å². The van der Waals surface area contributed by atoms with Gasteiger partial charge in [-0.1, -0.05) is 12.6 Å². The number of hydrogen-bond donors (Lipinski definition) is 1. The van der Waals surface area contributed by atoms with Crippen molar-refractivity contribution < 1.29 is 4.39 Å². The lowest BCUT2D eigenvalue weighted by Crippen LogP contribution is -1.97. The minimum Gasteiger partial charge on any atom is -0.239 e. The number of hydrogen-bond acceptors (Lipinski definition) is 3. The second-order valence-corrected chi connectivity index (χ2v) is 3.88. The van der Waals surface area contributed by atoms with Crippen molar-refractivity contribution in [3.63, 3.8) is 0 Å². The van der Waals surface area contributed by atoms with Gasteiger partial charge in [0.1, 0.15) is 11.5 Å². The highest BCUT2D eigenvalue weighted by molar-refractivity contribution is 7.85. The molecule has 0 aliphatic rings. The fraction of sp³-hybridized carbons (Fsp3) is 0.0769. The molecule has 0 saturated carbocycles. The molecule has 0 radical (unpaired) electrons. The SMILES string of the molecule is Cc1cn(-c2cc(F)cc(C#N)c2)nc1C#CS. The highest BCUT2D eigenvalue weighted by atomic mass is 32.1. The van der Waals surface area contributed by atoms with E-state index in [9.17, 15) is 4.39 Å². The number of aromatic nitrogens is 2. The lowest BCUT2D eigenvalue weighted by atomic mass is 10.2. The Balaban J connectivity index is 2.54. The molecule has 0 atom stereocenters. The summed E-state index contributed by atoms with van der Waals surface area (Å²) in [6.45, 7) is 1.85. The Morgan fingerprint density at radius 3 is 2.83 bits per heavy atom. The van der Waals surface area contributed by atoms with Gasteiger partial charge in [-0.3, -0.25) is 0 Å². The summed E-state index contributed by atoms with van der Waals surface area (Å²) < 4.78 is 14.8. The van der Waals surface area contributed by atoms with Crippen molar-refractivity contribution in [2.75, 3.05) is 0 Å². The molecule has 5 heteroatoms. The number of nitrogens with zero attached hydrogens (tertiary/aromatic N) is 3. The van der Waals surface area contributed by atoms with Crippen molar-refractivity contribution in [1.29, 1.82) is 5.26 Å². The summed E-state index contributed by atoms with van der Waals surface area (Å²) in [5, 5.41) is 15.5. The van der Waals surface area contributed by atoms with Gasteiger partial charge in [0.25, 0.3) is 0 Å². The van der Waals surface area contributed by atoms with Crippen molar-refractivity contribution in [3.8, 4) is 22.9 Å². The van der Waals surface area contributed by atoms with Crippen LogP contribution in [0.1, 0.15) is 16.8 Å². The fourth-order valence-electron chi connectivity index (χ4n) is 1.54. The molecular weight excluding hydrogens is 249 g/mol. The van der Waals surface area contributed by atoms with E-state index in [2.05, 4.69) is 28.9 Å². The second-order valence-electron chi connectivity index (χ2n) is 3.65. The smallest absolute Gasteiger partial charge is 0.139 e. The normalized spacial score (nSPS) is 9.44. The Morgan fingerprint density at radius 2 is 2.17 bits per heavy atom. The number of halogens is 1. The first kappa shape index (κ1) is 12.2. The summed E-state index contributed by atoms with van der Waals surface area (Å²) in [5.41, 5.74) is 2.17. The molecule has 2 aromatic rings. The van der Waals surface area contributed by atoms with Crippen LogP contribution in [-0.2, 0) is 0 Å². The summed E-state index contributed by atoms with van der Waals surface area (Å²) in [6, 6.07) is 5.95. The topological polar surface area (TPSA) is 41.6 Å². The number of aryl methyl sites for hydroxylation is 1. The molecule has 0 amide bonds. The molecular formula is C13H8FN3S. The predicted molar refractivity (Wildman–Crippen MR) is 68.8 cm³/mol. The number of thiol groups is 1. The van der Waals surface area contributed by atoms with Crippen LogP contribution < -0.4 is 0 Å². The van der Waals surface area contributed by atoms with Crippen LogP contribution >= 0.6 is 12.6 Å². The third-order valence-corrected chi connectivity index (χ3v) is 2.46. The van der Waals surface area contributed by atoms with Gasteiger partial charge in [0.15, 0.2) is 0 Å². The minimum atomic E-state index is -0.473. The van der Waals surface area contributed by atoms with Gasteiger partial charge < -0.3 is 0 Å². The maximum Gasteiger partial charge on any atom is 0.139 e. The lowest BCUT2D eigenvalue weighted by Gasteiger charge is -2.01. The van der Waals surface area contributed by atoms with Gasteiger partial charge >= 0.3 is 0 Å². The van der Waals surface area contributed by atoms with Gasteiger partial charge in [-0.05, 0) is 36.3 Å². The summed E-state index contributed by atoms with van der Waals surface area (Å²) in [6.07, 6.45) is 1.73. The Morgan fingerprint density at radius 1 is 1.39 bits per heavy atom. The van der Waals surface area contributed by atoms with Crippen LogP contribution in [0.25, 0.3) is 5.69 Å². The maximum atomic E-state index is 13.3. The van der Waals surface area contributed by atoms with Gasteiger partial charge in [-0.15, -0.1) is 0 Å². The average Bonchev–Trinajstić information content (AvgIpc) is 2.71. The molecule has 18 heavy (non-hydrogen) atoms. The molecule has 0 N–H and O–H groups in total. The van der Waals surface area contributed by atoms with Crippen LogP contribution in [0.15, 0.2) is 24.4 Å². The minimum absolute atomic E-state index is 0.250. The first-order valence-corrected chi connectivity index (χ1v) is 5.51. The number of rotatable bonds is 1. The average molecular weight is 257 g/mol. The van der Waals surface area contributed by atoms with E-state index in [4.69, 9.17) is 5.26 Å². The molecule has 0 spiro atoms. The zero-order valence-corrected chi connectivity index (χ0v) is 10.4. The summed E-state index contributed by atoms with van der Waals surface area (Å²) in [4.78, 5) is 0. The molecule has 0 saturated heterocycles. The third kappa shape index (κ3) is 2.37. The van der Waals surface area contributed by atoms with Crippen LogP contribution in [0, 0.1) is 35.2 Å². The lowest BCUT2D eigenvalue weighted by molar-refractivity contribution is 0.625. The van der Waals surface area contributed by atoms with E-state index >= 15 is 0 Å². The third-order valence-electron chi connectivity index (χ3n) is 2.35. The molecule has 0 bridgehead atoms. The largest absolute Gasteiger partial charge is 0.239 e. The molecule has 0 unspecified atom stereocenters. The van der Waals surface area contributed by atoms with Gasteiger partial charge in [0.2, 0.25) is 0 Å². The molecule has 2 rings (SSSR count). The van der Waals surface area contributed by atoms with Crippen LogP contribution in [-0.4, -0.2) is 9.78 Å². The van der Waals surface area contributed by atoms with Crippen LogP contribution in [0.4, 0.5) is 4.39 Å². The van der Waals surface area contributed by atoms with Crippen molar-refractivity contribution in [2.45, 2.75) is 6.92 Å². The van der Waals surface area contributed by atoms with Gasteiger partial charge in [-0.2, -0.15) is 10.4 Å². The molecule has 3 nitrogen and oxygen atoms in total. The van der Waals surface area contributed by atoms with Crippen LogP contribution in [0.5, 0.6) is 0 Å². The Bertz CT molecular complexity index is 701.